The molecule has 0 bridgehead atoms. The van der Waals surface area contributed by atoms with Crippen molar-refractivity contribution in [3.8, 4) is 50.2 Å². The summed E-state index contributed by atoms with van der Waals surface area (Å²) in [6, 6.07) is 95.1. The van der Waals surface area contributed by atoms with Gasteiger partial charge in [-0.3, -0.25) is 0 Å². The molecule has 11 aromatic carbocycles. The van der Waals surface area contributed by atoms with Crippen molar-refractivity contribution in [2.24, 2.45) is 0 Å². The standard InChI is InChI=1S/C68H46N2O/c1-68(51-20-9-4-10-21-51)61-43-50(49-33-41-64-60(42-49)57-22-11-13-25-63(57)70(64)65-26-15-24-59-58-23-12-14-27-66(58)71-67(59)65)32-39-55(61)56-40-38-54(44-62(56)68)69(52-34-28-47(29-35-52)45-16-5-2-6-17-45)53-36-30-48(31-37-53)46-18-7-3-8-19-46/h2-44H,1H3. The monoisotopic (exact) mass is 906 g/mol. The Morgan fingerprint density at radius 1 is 0.352 bits per heavy atom. The zero-order chi connectivity index (χ0) is 47.0. The van der Waals surface area contributed by atoms with Gasteiger partial charge in [-0.05, 0) is 141 Å². The maximum Gasteiger partial charge on any atom is 0.159 e. The fourth-order valence-corrected chi connectivity index (χ4v) is 11.6. The number of fused-ring (bicyclic) bond motifs is 9. The van der Waals surface area contributed by atoms with Gasteiger partial charge in [0.05, 0.1) is 16.7 Å². The molecule has 0 saturated heterocycles. The van der Waals surface area contributed by atoms with Crippen LogP contribution in [0.5, 0.6) is 0 Å². The number of furan rings is 1. The Balaban J connectivity index is 0.899. The van der Waals surface area contributed by atoms with Crippen LogP contribution in [0.15, 0.2) is 265 Å². The van der Waals surface area contributed by atoms with Crippen molar-refractivity contribution >= 4 is 60.8 Å². The van der Waals surface area contributed by atoms with E-state index in [9.17, 15) is 0 Å². The molecule has 13 aromatic rings. The van der Waals surface area contributed by atoms with Gasteiger partial charge in [0.1, 0.15) is 5.58 Å². The molecule has 3 nitrogen and oxygen atoms in total. The summed E-state index contributed by atoms with van der Waals surface area (Å²) in [6.07, 6.45) is 0. The van der Waals surface area contributed by atoms with Gasteiger partial charge >= 0.3 is 0 Å². The van der Waals surface area contributed by atoms with E-state index >= 15 is 0 Å². The minimum absolute atomic E-state index is 0.441. The molecule has 0 amide bonds. The van der Waals surface area contributed by atoms with E-state index in [1.807, 2.05) is 6.07 Å². The van der Waals surface area contributed by atoms with E-state index in [2.05, 4.69) is 271 Å². The van der Waals surface area contributed by atoms with E-state index in [0.717, 1.165) is 55.7 Å². The van der Waals surface area contributed by atoms with Crippen LogP contribution < -0.4 is 4.90 Å². The van der Waals surface area contributed by atoms with Crippen LogP contribution >= 0.6 is 0 Å². The lowest BCUT2D eigenvalue weighted by atomic mass is 9.73. The second-order valence-corrected chi connectivity index (χ2v) is 19.0. The fraction of sp³-hybridized carbons (Fsp3) is 0.0294. The fourth-order valence-electron chi connectivity index (χ4n) is 11.6. The molecule has 0 fully saturated rings. The third-order valence-corrected chi connectivity index (χ3v) is 15.1. The predicted molar refractivity (Wildman–Crippen MR) is 296 cm³/mol. The van der Waals surface area contributed by atoms with E-state index in [4.69, 9.17) is 4.42 Å². The number of benzene rings is 11. The van der Waals surface area contributed by atoms with Gasteiger partial charge < -0.3 is 13.9 Å². The molecule has 71 heavy (non-hydrogen) atoms. The Morgan fingerprint density at radius 2 is 0.845 bits per heavy atom. The van der Waals surface area contributed by atoms with Gasteiger partial charge in [0.25, 0.3) is 0 Å². The van der Waals surface area contributed by atoms with Crippen LogP contribution in [0.25, 0.3) is 93.9 Å². The van der Waals surface area contributed by atoms with Crippen LogP contribution in [0.1, 0.15) is 23.6 Å². The first-order valence-corrected chi connectivity index (χ1v) is 24.5. The minimum atomic E-state index is -0.441. The Morgan fingerprint density at radius 3 is 1.54 bits per heavy atom. The normalized spacial score (nSPS) is 14.0. The van der Waals surface area contributed by atoms with Gasteiger partial charge in [0.2, 0.25) is 0 Å². The van der Waals surface area contributed by atoms with Crippen molar-refractivity contribution in [1.29, 1.82) is 0 Å². The van der Waals surface area contributed by atoms with Crippen LogP contribution in [0.2, 0.25) is 0 Å². The number of hydrogen-bond acceptors (Lipinski definition) is 2. The average Bonchev–Trinajstić information content (AvgIpc) is 4.08. The molecule has 1 atom stereocenters. The third-order valence-electron chi connectivity index (χ3n) is 15.1. The van der Waals surface area contributed by atoms with Crippen molar-refractivity contribution in [3.63, 3.8) is 0 Å². The Hall–Kier alpha value is -9.18. The van der Waals surface area contributed by atoms with Crippen molar-refractivity contribution < 1.29 is 4.42 Å². The Labute approximate surface area is 412 Å². The Kier molecular flexibility index (Phi) is 9.33. The molecule has 3 heteroatoms. The van der Waals surface area contributed by atoms with Gasteiger partial charge in [-0.1, -0.05) is 188 Å². The van der Waals surface area contributed by atoms with Gasteiger partial charge in [0.15, 0.2) is 5.58 Å². The summed E-state index contributed by atoms with van der Waals surface area (Å²) in [4.78, 5) is 2.41. The van der Waals surface area contributed by atoms with Crippen LogP contribution in [-0.2, 0) is 5.41 Å². The smallest absolute Gasteiger partial charge is 0.159 e. The summed E-state index contributed by atoms with van der Waals surface area (Å²) in [6.45, 7) is 2.42. The summed E-state index contributed by atoms with van der Waals surface area (Å²) < 4.78 is 8.98. The van der Waals surface area contributed by atoms with Crippen LogP contribution in [0.3, 0.4) is 0 Å². The lowest BCUT2D eigenvalue weighted by molar-refractivity contribution is 0.666. The van der Waals surface area contributed by atoms with Crippen molar-refractivity contribution in [1.82, 2.24) is 4.57 Å². The molecule has 1 aliphatic rings. The molecule has 1 aliphatic carbocycles. The SMILES string of the molecule is CC1(c2ccccc2)c2cc(-c3ccc4c(c3)c3ccccc3n4-c3cccc4c3oc3ccccc34)ccc2-c2ccc(N(c3ccc(-c4ccccc4)cc3)c3ccc(-c4ccccc4)cc3)cc21. The summed E-state index contributed by atoms with van der Waals surface area (Å²) in [5.74, 6) is 0. The van der Waals surface area contributed by atoms with Crippen LogP contribution in [0.4, 0.5) is 17.1 Å². The molecule has 2 aromatic heterocycles. The van der Waals surface area contributed by atoms with Gasteiger partial charge in [0, 0.05) is 44.0 Å². The second kappa shape index (κ2) is 16.2. The van der Waals surface area contributed by atoms with Crippen molar-refractivity contribution in [2.75, 3.05) is 4.90 Å². The maximum atomic E-state index is 6.60. The summed E-state index contributed by atoms with van der Waals surface area (Å²) in [5.41, 5.74) is 21.5. The summed E-state index contributed by atoms with van der Waals surface area (Å²) >= 11 is 0. The first-order valence-electron chi connectivity index (χ1n) is 24.5. The second-order valence-electron chi connectivity index (χ2n) is 19.0. The van der Waals surface area contributed by atoms with E-state index in [-0.39, 0.29) is 0 Å². The number of anilines is 3. The number of rotatable bonds is 8. The molecule has 0 aliphatic heterocycles. The zero-order valence-electron chi connectivity index (χ0n) is 39.1. The van der Waals surface area contributed by atoms with E-state index in [1.165, 1.54) is 72.0 Å². The molecule has 2 heterocycles. The molecule has 334 valence electrons. The number of nitrogens with zero attached hydrogens (tertiary/aromatic N) is 2. The number of para-hydroxylation sites is 3. The molecule has 1 unspecified atom stereocenters. The molecule has 0 saturated carbocycles. The lowest BCUT2D eigenvalue weighted by Crippen LogP contribution is -2.23. The highest BCUT2D eigenvalue weighted by atomic mass is 16.3. The predicted octanol–water partition coefficient (Wildman–Crippen LogP) is 18.5. The first-order chi connectivity index (χ1) is 35.1. The van der Waals surface area contributed by atoms with E-state index < -0.39 is 5.41 Å². The highest BCUT2D eigenvalue weighted by Gasteiger charge is 2.41. The average molecular weight is 907 g/mol. The highest BCUT2D eigenvalue weighted by Crippen LogP contribution is 2.55. The third kappa shape index (κ3) is 6.51. The van der Waals surface area contributed by atoms with Crippen molar-refractivity contribution in [3.05, 3.63) is 278 Å². The maximum absolute atomic E-state index is 6.60. The molecule has 0 radical (unpaired) electrons. The molecule has 0 spiro atoms. The lowest BCUT2D eigenvalue weighted by Gasteiger charge is -2.31. The molecular weight excluding hydrogens is 861 g/mol. The van der Waals surface area contributed by atoms with E-state index in [0.29, 0.717) is 0 Å². The van der Waals surface area contributed by atoms with Gasteiger partial charge in [-0.15, -0.1) is 0 Å². The van der Waals surface area contributed by atoms with Crippen molar-refractivity contribution in [2.45, 2.75) is 12.3 Å². The zero-order valence-corrected chi connectivity index (χ0v) is 39.1. The Bertz CT molecular complexity index is 4070. The van der Waals surface area contributed by atoms with Gasteiger partial charge in [-0.2, -0.15) is 0 Å². The molecule has 14 rings (SSSR count). The van der Waals surface area contributed by atoms with Crippen LogP contribution in [0, 0.1) is 0 Å². The summed E-state index contributed by atoms with van der Waals surface area (Å²) in [5, 5.41) is 4.67. The topological polar surface area (TPSA) is 21.3 Å². The van der Waals surface area contributed by atoms with Gasteiger partial charge in [-0.25, -0.2) is 0 Å². The molecule has 0 N–H and O–H groups in total. The minimum Gasteiger partial charge on any atom is -0.454 e. The first kappa shape index (κ1) is 40.8. The quantitative estimate of drug-likeness (QED) is 0.151. The largest absolute Gasteiger partial charge is 0.454 e. The van der Waals surface area contributed by atoms with E-state index in [1.54, 1.807) is 0 Å². The summed E-state index contributed by atoms with van der Waals surface area (Å²) in [7, 11) is 0. The highest BCUT2D eigenvalue weighted by molar-refractivity contribution is 6.13. The van der Waals surface area contributed by atoms with Crippen LogP contribution in [-0.4, -0.2) is 4.57 Å². The number of aromatic nitrogens is 1. The number of hydrogen-bond donors (Lipinski definition) is 0. The molecular formula is C68H46N2O.